The quantitative estimate of drug-likeness (QED) is 0.675. The highest BCUT2D eigenvalue weighted by Gasteiger charge is 2.57. The Morgan fingerprint density at radius 1 is 0.667 bits per heavy atom. The molecule has 160 valence electrons. The van der Waals surface area contributed by atoms with E-state index in [1.54, 1.807) is 0 Å². The van der Waals surface area contributed by atoms with E-state index < -0.39 is 18.5 Å². The summed E-state index contributed by atoms with van der Waals surface area (Å²) in [5, 5.41) is 2.37. The zero-order chi connectivity index (χ0) is 21.9. The minimum absolute atomic E-state index is 0.386. The molecule has 2 aliphatic heterocycles. The Bertz CT molecular complexity index is 912. The number of fused-ring (bicyclic) bond motifs is 1. The monoisotopic (exact) mass is 409 g/mol. The second-order valence-electron chi connectivity index (χ2n) is 10.4. The van der Waals surface area contributed by atoms with Gasteiger partial charge >= 0.3 is 14.4 Å². The first-order valence-corrected chi connectivity index (χ1v) is 10.8. The number of rotatable bonds is 4. The third kappa shape index (κ3) is 3.66. The van der Waals surface area contributed by atoms with E-state index in [0.717, 1.165) is 5.69 Å². The molecule has 0 radical (unpaired) electrons. The molecule has 2 saturated heterocycles. The van der Waals surface area contributed by atoms with E-state index in [2.05, 4.69) is 103 Å². The fourth-order valence-corrected chi connectivity index (χ4v) is 3.81. The fourth-order valence-electron chi connectivity index (χ4n) is 3.81. The Balaban J connectivity index is 1.68. The van der Waals surface area contributed by atoms with Crippen LogP contribution in [0.5, 0.6) is 0 Å². The number of benzene rings is 2. The molecule has 2 aromatic carbocycles. The van der Waals surface area contributed by atoms with E-state index in [-0.39, 0.29) is 18.3 Å². The Labute approximate surface area is 181 Å². The molecular formula is C23H33B2NO4. The maximum atomic E-state index is 6.40. The number of hydrogen-bond acceptors (Lipinski definition) is 5. The van der Waals surface area contributed by atoms with Gasteiger partial charge in [0.2, 0.25) is 0 Å². The first kappa shape index (κ1) is 21.7. The van der Waals surface area contributed by atoms with Crippen LogP contribution in [-0.2, 0) is 18.6 Å². The third-order valence-electron chi connectivity index (χ3n) is 7.21. The fraction of sp³-hybridized carbons (Fsp3) is 0.565. The van der Waals surface area contributed by atoms with Crippen molar-refractivity contribution in [1.82, 2.24) is 0 Å². The summed E-state index contributed by atoms with van der Waals surface area (Å²) in [7, 11) is -0.921. The molecule has 0 amide bonds. The molecule has 2 heterocycles. The van der Waals surface area contributed by atoms with Crippen LogP contribution in [0.25, 0.3) is 10.8 Å². The largest absolute Gasteiger partial charge is 0.593 e. The smallest absolute Gasteiger partial charge is 0.402 e. The highest BCUT2D eigenvalue weighted by Crippen LogP contribution is 2.41. The lowest BCUT2D eigenvalue weighted by atomic mass is 9.84. The first-order valence-electron chi connectivity index (χ1n) is 10.8. The van der Waals surface area contributed by atoms with Gasteiger partial charge < -0.3 is 23.4 Å². The Kier molecular flexibility index (Phi) is 5.06. The predicted octanol–water partition coefficient (Wildman–Crippen LogP) is 4.87. The number of nitrogens with zero attached hydrogens (tertiary/aromatic N) is 1. The van der Waals surface area contributed by atoms with Crippen molar-refractivity contribution in [2.24, 2.45) is 0 Å². The van der Waals surface area contributed by atoms with Crippen LogP contribution in [0.1, 0.15) is 55.4 Å². The third-order valence-corrected chi connectivity index (χ3v) is 7.21. The lowest BCUT2D eigenvalue weighted by molar-refractivity contribution is 0.00578. The number of anilines is 1. The second kappa shape index (κ2) is 6.99. The van der Waals surface area contributed by atoms with Crippen LogP contribution in [0.2, 0.25) is 0 Å². The molecule has 0 spiro atoms. The van der Waals surface area contributed by atoms with Crippen molar-refractivity contribution in [3.8, 4) is 0 Å². The van der Waals surface area contributed by atoms with Crippen LogP contribution in [0, 0.1) is 0 Å². The molecule has 0 atom stereocenters. The topological polar surface area (TPSA) is 40.2 Å². The van der Waals surface area contributed by atoms with Crippen LogP contribution >= 0.6 is 0 Å². The molecule has 2 fully saturated rings. The molecule has 5 nitrogen and oxygen atoms in total. The molecule has 30 heavy (non-hydrogen) atoms. The van der Waals surface area contributed by atoms with Gasteiger partial charge in [-0.3, -0.25) is 0 Å². The Hall–Kier alpha value is -1.53. The maximum absolute atomic E-state index is 6.40. The van der Waals surface area contributed by atoms with Crippen molar-refractivity contribution in [2.45, 2.75) is 77.8 Å². The summed E-state index contributed by atoms with van der Waals surface area (Å²) in [5.74, 6) is 0. The van der Waals surface area contributed by atoms with Crippen LogP contribution in [0.15, 0.2) is 42.5 Å². The van der Waals surface area contributed by atoms with Gasteiger partial charge in [0.1, 0.15) is 0 Å². The zero-order valence-electron chi connectivity index (χ0n) is 19.5. The van der Waals surface area contributed by atoms with Crippen molar-refractivity contribution < 1.29 is 18.6 Å². The standard InChI is InChI=1S/C23H33B2NO4/c1-20(2)21(3,4)28-24(27-20)16-26(25-29-22(5,6)23(7,8)30-25)19-14-13-17-11-9-10-12-18(17)15-19/h9-15H,16H2,1-8H3. The van der Waals surface area contributed by atoms with Gasteiger partial charge in [-0.1, -0.05) is 30.3 Å². The van der Waals surface area contributed by atoms with E-state index in [1.165, 1.54) is 10.8 Å². The average molecular weight is 409 g/mol. The van der Waals surface area contributed by atoms with E-state index in [4.69, 9.17) is 18.6 Å². The van der Waals surface area contributed by atoms with E-state index in [9.17, 15) is 0 Å². The predicted molar refractivity (Wildman–Crippen MR) is 123 cm³/mol. The molecular weight excluding hydrogens is 376 g/mol. The lowest BCUT2D eigenvalue weighted by Crippen LogP contribution is -2.48. The molecule has 0 unspecified atom stereocenters. The van der Waals surface area contributed by atoms with Crippen LogP contribution < -0.4 is 4.81 Å². The number of hydrogen-bond donors (Lipinski definition) is 0. The molecule has 0 N–H and O–H groups in total. The summed E-state index contributed by atoms with van der Waals surface area (Å²) in [6, 6.07) is 14.8. The summed E-state index contributed by atoms with van der Waals surface area (Å²) in [4.78, 5) is 2.12. The minimum Gasteiger partial charge on any atom is -0.402 e. The van der Waals surface area contributed by atoms with Gasteiger partial charge in [0, 0.05) is 12.1 Å². The molecule has 4 rings (SSSR count). The Morgan fingerprint density at radius 3 is 1.73 bits per heavy atom. The van der Waals surface area contributed by atoms with Gasteiger partial charge in [-0.25, -0.2) is 0 Å². The van der Waals surface area contributed by atoms with Crippen LogP contribution in [0.3, 0.4) is 0 Å². The van der Waals surface area contributed by atoms with Crippen molar-refractivity contribution in [3.05, 3.63) is 42.5 Å². The molecule has 0 bridgehead atoms. The normalized spacial score (nSPS) is 23.9. The Morgan fingerprint density at radius 2 is 1.17 bits per heavy atom. The van der Waals surface area contributed by atoms with E-state index >= 15 is 0 Å². The van der Waals surface area contributed by atoms with Gasteiger partial charge in [0.05, 0.1) is 22.4 Å². The summed E-state index contributed by atoms with van der Waals surface area (Å²) >= 11 is 0. The minimum atomic E-state index is -0.532. The van der Waals surface area contributed by atoms with Gasteiger partial charge in [0.25, 0.3) is 0 Å². The molecule has 2 aromatic rings. The van der Waals surface area contributed by atoms with Crippen molar-refractivity contribution in [3.63, 3.8) is 0 Å². The lowest BCUT2D eigenvalue weighted by Gasteiger charge is -2.32. The van der Waals surface area contributed by atoms with Gasteiger partial charge in [0.15, 0.2) is 0 Å². The molecule has 0 aromatic heterocycles. The van der Waals surface area contributed by atoms with E-state index in [0.29, 0.717) is 6.44 Å². The average Bonchev–Trinajstić information content (AvgIpc) is 2.98. The maximum Gasteiger partial charge on any atom is 0.593 e. The SMILES string of the molecule is CC1(C)OB(CN(B2OC(C)(C)C(C)(C)O2)c2ccc3ccccc3c2)OC1(C)C. The summed E-state index contributed by atoms with van der Waals surface area (Å²) < 4.78 is 25.4. The van der Waals surface area contributed by atoms with Crippen LogP contribution in [-0.4, -0.2) is 43.2 Å². The van der Waals surface area contributed by atoms with Crippen LogP contribution in [0.4, 0.5) is 5.69 Å². The van der Waals surface area contributed by atoms with Crippen molar-refractivity contribution in [2.75, 3.05) is 11.3 Å². The molecule has 0 aliphatic carbocycles. The highest BCUT2D eigenvalue weighted by atomic mass is 16.7. The van der Waals surface area contributed by atoms with Crippen molar-refractivity contribution >= 4 is 30.8 Å². The summed E-state index contributed by atoms with van der Waals surface area (Å²) in [6.45, 7) is 16.6. The molecule has 2 aliphatic rings. The second-order valence-corrected chi connectivity index (χ2v) is 10.4. The summed E-state index contributed by atoms with van der Waals surface area (Å²) in [5.41, 5.74) is -0.613. The van der Waals surface area contributed by atoms with Gasteiger partial charge in [-0.15, -0.1) is 0 Å². The summed E-state index contributed by atoms with van der Waals surface area (Å²) in [6.07, 6.45) is 0.502. The zero-order valence-corrected chi connectivity index (χ0v) is 19.5. The highest BCUT2D eigenvalue weighted by molar-refractivity contribution is 6.56. The van der Waals surface area contributed by atoms with E-state index in [1.807, 2.05) is 0 Å². The van der Waals surface area contributed by atoms with Crippen molar-refractivity contribution in [1.29, 1.82) is 0 Å². The van der Waals surface area contributed by atoms with Gasteiger partial charge in [-0.2, -0.15) is 0 Å². The van der Waals surface area contributed by atoms with Gasteiger partial charge in [-0.05, 0) is 78.3 Å². The molecule has 7 heteroatoms. The first-order chi connectivity index (χ1) is 13.8. The molecule has 0 saturated carbocycles.